The molecule has 2 aromatic rings. The van der Waals surface area contributed by atoms with Crippen LogP contribution in [0.4, 0.5) is 5.69 Å². The highest BCUT2D eigenvalue weighted by atomic mass is 32.2. The minimum absolute atomic E-state index is 0.0142. The van der Waals surface area contributed by atoms with Gasteiger partial charge in [0.1, 0.15) is 0 Å². The lowest BCUT2D eigenvalue weighted by molar-refractivity contribution is 0.101. The lowest BCUT2D eigenvalue weighted by Crippen LogP contribution is -2.41. The number of nitrogens with zero attached hydrogens (tertiary/aromatic N) is 1. The molecule has 1 N–H and O–H groups in total. The zero-order valence-electron chi connectivity index (χ0n) is 16.0. The van der Waals surface area contributed by atoms with Crippen molar-refractivity contribution in [2.45, 2.75) is 44.0 Å². The Morgan fingerprint density at radius 3 is 2.14 bits per heavy atom. The highest BCUT2D eigenvalue weighted by Crippen LogP contribution is 2.25. The van der Waals surface area contributed by atoms with E-state index in [1.54, 1.807) is 28.6 Å². The van der Waals surface area contributed by atoms with Gasteiger partial charge >= 0.3 is 0 Å². The highest BCUT2D eigenvalue weighted by molar-refractivity contribution is 7.89. The first-order valence-corrected chi connectivity index (χ1v) is 10.8. The van der Waals surface area contributed by atoms with Crippen LogP contribution < -0.4 is 5.32 Å². The summed E-state index contributed by atoms with van der Waals surface area (Å²) in [5.41, 5.74) is 1.50. The molecule has 1 aliphatic rings. The molecule has 1 unspecified atom stereocenters. The van der Waals surface area contributed by atoms with Crippen LogP contribution in [0.3, 0.4) is 0 Å². The summed E-state index contributed by atoms with van der Waals surface area (Å²) in [6, 6.07) is 12.6. The maximum atomic E-state index is 12.9. The first kappa shape index (κ1) is 20.2. The zero-order chi connectivity index (χ0) is 20.3. The molecule has 1 atom stereocenters. The number of carbonyl (C=O) groups is 2. The highest BCUT2D eigenvalue weighted by Gasteiger charge is 2.30. The molecule has 1 heterocycles. The van der Waals surface area contributed by atoms with Crippen molar-refractivity contribution in [2.75, 3.05) is 11.9 Å². The minimum Gasteiger partial charge on any atom is -0.322 e. The van der Waals surface area contributed by atoms with Gasteiger partial charge in [0, 0.05) is 29.4 Å². The van der Waals surface area contributed by atoms with Crippen LogP contribution in [0.25, 0.3) is 0 Å². The van der Waals surface area contributed by atoms with Crippen LogP contribution in [0.15, 0.2) is 53.4 Å². The number of nitrogens with one attached hydrogen (secondary N) is 1. The molecule has 1 aliphatic heterocycles. The third-order valence-corrected chi connectivity index (χ3v) is 7.04. The number of carbonyl (C=O) groups excluding carboxylic acids is 2. The van der Waals surface area contributed by atoms with Crippen LogP contribution in [-0.4, -0.2) is 37.0 Å². The molecule has 0 saturated carbocycles. The molecule has 0 bridgehead atoms. The van der Waals surface area contributed by atoms with Crippen molar-refractivity contribution in [3.05, 3.63) is 59.7 Å². The molecular weight excluding hydrogens is 376 g/mol. The molecule has 1 fully saturated rings. The molecule has 1 amide bonds. The van der Waals surface area contributed by atoms with Gasteiger partial charge < -0.3 is 5.32 Å². The van der Waals surface area contributed by atoms with E-state index < -0.39 is 10.0 Å². The Labute approximate surface area is 165 Å². The fourth-order valence-electron chi connectivity index (χ4n) is 3.33. The van der Waals surface area contributed by atoms with E-state index in [1.165, 1.54) is 31.2 Å². The predicted octanol–water partition coefficient (Wildman–Crippen LogP) is 3.70. The Kier molecular flexibility index (Phi) is 5.96. The van der Waals surface area contributed by atoms with Gasteiger partial charge in [0.25, 0.3) is 5.91 Å². The average Bonchev–Trinajstić information content (AvgIpc) is 2.68. The molecule has 2 aromatic carbocycles. The Morgan fingerprint density at radius 2 is 1.57 bits per heavy atom. The van der Waals surface area contributed by atoms with E-state index in [4.69, 9.17) is 0 Å². The quantitative estimate of drug-likeness (QED) is 0.776. The number of rotatable bonds is 5. The summed E-state index contributed by atoms with van der Waals surface area (Å²) < 4.78 is 27.3. The predicted molar refractivity (Wildman–Crippen MR) is 108 cm³/mol. The molecule has 0 aromatic heterocycles. The summed E-state index contributed by atoms with van der Waals surface area (Å²) in [4.78, 5) is 23.9. The second kappa shape index (κ2) is 8.24. The lowest BCUT2D eigenvalue weighted by atomic mass is 10.1. The van der Waals surface area contributed by atoms with Crippen LogP contribution in [0, 0.1) is 0 Å². The smallest absolute Gasteiger partial charge is 0.255 e. The van der Waals surface area contributed by atoms with Gasteiger partial charge in [-0.2, -0.15) is 4.31 Å². The van der Waals surface area contributed by atoms with Gasteiger partial charge in [-0.3, -0.25) is 9.59 Å². The summed E-state index contributed by atoms with van der Waals surface area (Å²) in [7, 11) is -3.56. The standard InChI is InChI=1S/C21H24N2O4S/c1-15-5-3-4-14-23(15)28(26,27)20-12-8-18(9-13-20)21(25)22-19-10-6-17(7-11-19)16(2)24/h6-13,15H,3-5,14H2,1-2H3,(H,22,25). The second-order valence-electron chi connectivity index (χ2n) is 7.07. The lowest BCUT2D eigenvalue weighted by Gasteiger charge is -2.32. The van der Waals surface area contributed by atoms with E-state index >= 15 is 0 Å². The summed E-state index contributed by atoms with van der Waals surface area (Å²) in [5, 5.41) is 2.74. The third kappa shape index (κ3) is 4.31. The second-order valence-corrected chi connectivity index (χ2v) is 8.96. The Bertz CT molecular complexity index is 966. The number of hydrogen-bond acceptors (Lipinski definition) is 4. The molecule has 7 heteroatoms. The summed E-state index contributed by atoms with van der Waals surface area (Å²) in [5.74, 6) is -0.386. The van der Waals surface area contributed by atoms with Crippen molar-refractivity contribution in [1.29, 1.82) is 0 Å². The molecule has 3 rings (SSSR count). The van der Waals surface area contributed by atoms with Crippen molar-refractivity contribution in [3.63, 3.8) is 0 Å². The van der Waals surface area contributed by atoms with E-state index in [0.717, 1.165) is 19.3 Å². The van der Waals surface area contributed by atoms with Crippen molar-refractivity contribution >= 4 is 27.4 Å². The molecule has 28 heavy (non-hydrogen) atoms. The van der Waals surface area contributed by atoms with Crippen molar-refractivity contribution in [2.24, 2.45) is 0 Å². The summed E-state index contributed by atoms with van der Waals surface area (Å²) in [6.45, 7) is 3.94. The number of Topliss-reactive ketones (excluding diaryl/α,β-unsaturated/α-hetero) is 1. The van der Waals surface area contributed by atoms with Gasteiger partial charge in [-0.05, 0) is 75.2 Å². The van der Waals surface area contributed by atoms with Crippen molar-refractivity contribution in [3.8, 4) is 0 Å². The number of amides is 1. The number of ketones is 1. The third-order valence-electron chi connectivity index (χ3n) is 5.01. The first-order valence-electron chi connectivity index (χ1n) is 9.33. The molecular formula is C21H24N2O4S. The number of anilines is 1. The van der Waals surface area contributed by atoms with E-state index in [-0.39, 0.29) is 22.6 Å². The van der Waals surface area contributed by atoms with Crippen LogP contribution >= 0.6 is 0 Å². The zero-order valence-corrected chi connectivity index (χ0v) is 16.8. The van der Waals surface area contributed by atoms with Crippen LogP contribution in [0.1, 0.15) is 53.8 Å². The molecule has 0 radical (unpaired) electrons. The number of hydrogen-bond donors (Lipinski definition) is 1. The van der Waals surface area contributed by atoms with Gasteiger partial charge in [-0.15, -0.1) is 0 Å². The van der Waals surface area contributed by atoms with Gasteiger partial charge in [0.05, 0.1) is 4.90 Å². The Hall–Kier alpha value is -2.51. The minimum atomic E-state index is -3.56. The number of benzene rings is 2. The molecule has 1 saturated heterocycles. The van der Waals surface area contributed by atoms with E-state index in [0.29, 0.717) is 23.4 Å². The molecule has 148 valence electrons. The van der Waals surface area contributed by atoms with Crippen molar-refractivity contribution < 1.29 is 18.0 Å². The van der Waals surface area contributed by atoms with E-state index in [2.05, 4.69) is 5.32 Å². The van der Waals surface area contributed by atoms with Gasteiger partial charge in [0.15, 0.2) is 5.78 Å². The largest absolute Gasteiger partial charge is 0.322 e. The maximum Gasteiger partial charge on any atom is 0.255 e. The van der Waals surface area contributed by atoms with Crippen LogP contribution in [0.5, 0.6) is 0 Å². The Balaban J connectivity index is 1.72. The van der Waals surface area contributed by atoms with E-state index in [1.807, 2.05) is 6.92 Å². The molecule has 0 spiro atoms. The SMILES string of the molecule is CC(=O)c1ccc(NC(=O)c2ccc(S(=O)(=O)N3CCCCC3C)cc2)cc1. The van der Waals surface area contributed by atoms with Crippen LogP contribution in [0.2, 0.25) is 0 Å². The average molecular weight is 401 g/mol. The first-order chi connectivity index (χ1) is 13.3. The van der Waals surface area contributed by atoms with Crippen LogP contribution in [-0.2, 0) is 10.0 Å². The topological polar surface area (TPSA) is 83.5 Å². The maximum absolute atomic E-state index is 12.9. The molecule has 6 nitrogen and oxygen atoms in total. The summed E-state index contributed by atoms with van der Waals surface area (Å²) in [6.07, 6.45) is 2.77. The normalized spacial score (nSPS) is 17.9. The van der Waals surface area contributed by atoms with Gasteiger partial charge in [-0.1, -0.05) is 6.42 Å². The summed E-state index contributed by atoms with van der Waals surface area (Å²) >= 11 is 0. The van der Waals surface area contributed by atoms with Crippen molar-refractivity contribution in [1.82, 2.24) is 4.31 Å². The monoisotopic (exact) mass is 400 g/mol. The van der Waals surface area contributed by atoms with Gasteiger partial charge in [-0.25, -0.2) is 8.42 Å². The fraction of sp³-hybridized carbons (Fsp3) is 0.333. The number of piperidine rings is 1. The number of sulfonamides is 1. The fourth-order valence-corrected chi connectivity index (χ4v) is 5.03. The van der Waals surface area contributed by atoms with E-state index in [9.17, 15) is 18.0 Å². The van der Waals surface area contributed by atoms with Gasteiger partial charge in [0.2, 0.25) is 10.0 Å². The molecule has 0 aliphatic carbocycles. The Morgan fingerprint density at radius 1 is 0.964 bits per heavy atom.